The lowest BCUT2D eigenvalue weighted by Crippen LogP contribution is -1.92. The molecule has 23 heavy (non-hydrogen) atoms. The second-order valence-electron chi connectivity index (χ2n) is 4.81. The van der Waals surface area contributed by atoms with E-state index in [1.54, 1.807) is 30.0 Å². The lowest BCUT2D eigenvalue weighted by Gasteiger charge is -2.00. The maximum absolute atomic E-state index is 13.0. The van der Waals surface area contributed by atoms with Crippen LogP contribution < -0.4 is 0 Å². The molecule has 0 saturated carbocycles. The molecule has 0 nitrogen and oxygen atoms in total. The Hall–Kier alpha value is -1.00. The highest BCUT2D eigenvalue weighted by molar-refractivity contribution is 7.99. The minimum atomic E-state index is -0.140. The molecule has 0 aliphatic rings. The Bertz CT molecular complexity index is 559. The number of hydrogen-bond acceptors (Lipinski definition) is 2. The second-order valence-corrected chi connectivity index (χ2v) is 7.47. The van der Waals surface area contributed by atoms with Crippen molar-refractivity contribution in [2.45, 2.75) is 26.0 Å². The molecule has 0 aliphatic heterocycles. The van der Waals surface area contributed by atoms with Crippen molar-refractivity contribution in [2.75, 3.05) is 17.3 Å². The van der Waals surface area contributed by atoms with Crippen molar-refractivity contribution in [1.29, 1.82) is 0 Å². The average molecular weight is 355 g/mol. The molecule has 0 fully saturated rings. The highest BCUT2D eigenvalue weighted by atomic mass is 32.2. The molecule has 0 amide bonds. The molecule has 2 aromatic carbocycles. The predicted octanol–water partition coefficient (Wildman–Crippen LogP) is 6.20. The first kappa shape index (κ1) is 20.0. The van der Waals surface area contributed by atoms with Gasteiger partial charge in [0.15, 0.2) is 0 Å². The molecule has 0 unspecified atom stereocenters. The molecule has 0 radical (unpaired) electrons. The van der Waals surface area contributed by atoms with Crippen LogP contribution in [0.3, 0.4) is 0 Å². The summed E-state index contributed by atoms with van der Waals surface area (Å²) in [6.07, 6.45) is 0.838. The molecule has 126 valence electrons. The normalized spacial score (nSPS) is 10.1. The Kier molecular flexibility index (Phi) is 10.8. The maximum Gasteiger partial charge on any atom is 0.126 e. The van der Waals surface area contributed by atoms with Crippen molar-refractivity contribution in [1.82, 2.24) is 0 Å². The van der Waals surface area contributed by atoms with Crippen LogP contribution in [-0.2, 0) is 12.2 Å². The van der Waals surface area contributed by atoms with Crippen LogP contribution in [0.25, 0.3) is 0 Å². The molecule has 4 heteroatoms. The van der Waals surface area contributed by atoms with Crippen LogP contribution in [0.5, 0.6) is 0 Å². The summed E-state index contributed by atoms with van der Waals surface area (Å²) in [5.74, 6) is 3.89. The van der Waals surface area contributed by atoms with Crippen molar-refractivity contribution >= 4 is 23.5 Å². The van der Waals surface area contributed by atoms with Crippen molar-refractivity contribution in [3.8, 4) is 0 Å². The van der Waals surface area contributed by atoms with Crippen LogP contribution in [-0.4, -0.2) is 17.3 Å². The standard InChI is InChI=1S/C10H13FS.C9H11FS/c1-2-12-8-7-9-5-3-4-6-10(9)11;1-2-11-7-8-4-3-5-9(10)6-8/h3-6H,2,7-8H2,1H3;3-6H,2,7H2,1H3. The van der Waals surface area contributed by atoms with Crippen molar-refractivity contribution in [3.05, 3.63) is 71.3 Å². The molecule has 0 N–H and O–H groups in total. The van der Waals surface area contributed by atoms with Crippen molar-refractivity contribution in [3.63, 3.8) is 0 Å². The van der Waals surface area contributed by atoms with Gasteiger partial charge in [0, 0.05) is 5.75 Å². The van der Waals surface area contributed by atoms with E-state index in [-0.39, 0.29) is 11.6 Å². The zero-order valence-electron chi connectivity index (χ0n) is 13.7. The first-order valence-electron chi connectivity index (χ1n) is 7.80. The molecule has 0 bridgehead atoms. The van der Waals surface area contributed by atoms with Gasteiger partial charge in [-0.05, 0) is 53.0 Å². The van der Waals surface area contributed by atoms with Crippen LogP contribution in [0.1, 0.15) is 25.0 Å². The van der Waals surface area contributed by atoms with E-state index in [0.717, 1.165) is 40.6 Å². The number of rotatable bonds is 7. The predicted molar refractivity (Wildman–Crippen MR) is 101 cm³/mol. The Morgan fingerprint density at radius 3 is 2.26 bits per heavy atom. The SMILES string of the molecule is CCSCCc1ccccc1F.CCSCc1cccc(F)c1. The molecule has 0 atom stereocenters. The van der Waals surface area contributed by atoms with Gasteiger partial charge in [-0.25, -0.2) is 8.78 Å². The second kappa shape index (κ2) is 12.4. The fourth-order valence-electron chi connectivity index (χ4n) is 1.87. The summed E-state index contributed by atoms with van der Waals surface area (Å²) in [5.41, 5.74) is 1.90. The van der Waals surface area contributed by atoms with E-state index < -0.39 is 0 Å². The van der Waals surface area contributed by atoms with Gasteiger partial charge in [0.2, 0.25) is 0 Å². The minimum absolute atomic E-state index is 0.0748. The molecule has 0 saturated heterocycles. The van der Waals surface area contributed by atoms with E-state index in [4.69, 9.17) is 0 Å². The first-order chi connectivity index (χ1) is 11.2. The largest absolute Gasteiger partial charge is 0.207 e. The lowest BCUT2D eigenvalue weighted by molar-refractivity contribution is 0.612. The monoisotopic (exact) mass is 354 g/mol. The third kappa shape index (κ3) is 9.01. The molecule has 0 spiro atoms. The van der Waals surface area contributed by atoms with Gasteiger partial charge in [0.1, 0.15) is 11.6 Å². The topological polar surface area (TPSA) is 0 Å². The van der Waals surface area contributed by atoms with Gasteiger partial charge in [-0.15, -0.1) is 0 Å². The highest BCUT2D eigenvalue weighted by Crippen LogP contribution is 2.12. The van der Waals surface area contributed by atoms with E-state index in [1.807, 2.05) is 30.0 Å². The van der Waals surface area contributed by atoms with Gasteiger partial charge in [-0.3, -0.25) is 0 Å². The summed E-state index contributed by atoms with van der Waals surface area (Å²) in [6.45, 7) is 4.22. The Morgan fingerprint density at radius 2 is 1.61 bits per heavy atom. The van der Waals surface area contributed by atoms with E-state index in [1.165, 1.54) is 12.1 Å². The smallest absolute Gasteiger partial charge is 0.126 e. The van der Waals surface area contributed by atoms with E-state index >= 15 is 0 Å². The fraction of sp³-hybridized carbons (Fsp3) is 0.368. The highest BCUT2D eigenvalue weighted by Gasteiger charge is 1.98. The lowest BCUT2D eigenvalue weighted by atomic mass is 10.2. The summed E-state index contributed by atoms with van der Waals surface area (Å²) < 4.78 is 25.6. The van der Waals surface area contributed by atoms with E-state index in [2.05, 4.69) is 13.8 Å². The number of halogens is 2. The molecule has 0 aliphatic carbocycles. The molecular formula is C19H24F2S2. The number of hydrogen-bond donors (Lipinski definition) is 0. The Balaban J connectivity index is 0.000000231. The fourth-order valence-corrected chi connectivity index (χ4v) is 3.15. The molecule has 2 rings (SSSR count). The average Bonchev–Trinajstić information content (AvgIpc) is 2.56. The van der Waals surface area contributed by atoms with Gasteiger partial charge in [0.25, 0.3) is 0 Å². The van der Waals surface area contributed by atoms with Crippen molar-refractivity contribution < 1.29 is 8.78 Å². The third-order valence-corrected chi connectivity index (χ3v) is 4.89. The Labute approximate surface area is 147 Å². The summed E-state index contributed by atoms with van der Waals surface area (Å²) in [6, 6.07) is 13.7. The van der Waals surface area contributed by atoms with Gasteiger partial charge >= 0.3 is 0 Å². The Morgan fingerprint density at radius 1 is 0.870 bits per heavy atom. The van der Waals surface area contributed by atoms with Gasteiger partial charge in [-0.1, -0.05) is 44.2 Å². The van der Waals surface area contributed by atoms with Crippen molar-refractivity contribution in [2.24, 2.45) is 0 Å². The number of benzene rings is 2. The molecular weight excluding hydrogens is 330 g/mol. The number of aryl methyl sites for hydroxylation is 1. The molecule has 0 heterocycles. The molecule has 0 aromatic heterocycles. The first-order valence-corrected chi connectivity index (χ1v) is 10.1. The zero-order valence-corrected chi connectivity index (χ0v) is 15.4. The van der Waals surface area contributed by atoms with Gasteiger partial charge in [0.05, 0.1) is 0 Å². The van der Waals surface area contributed by atoms with E-state index in [0.29, 0.717) is 0 Å². The van der Waals surface area contributed by atoms with Crippen LogP contribution >= 0.6 is 23.5 Å². The summed E-state index contributed by atoms with van der Waals surface area (Å²) in [7, 11) is 0. The quantitative estimate of drug-likeness (QED) is 0.543. The van der Waals surface area contributed by atoms with Crippen LogP contribution in [0.4, 0.5) is 8.78 Å². The summed E-state index contributed by atoms with van der Waals surface area (Å²) >= 11 is 3.65. The number of thioether (sulfide) groups is 2. The zero-order chi connectivity index (χ0) is 16.9. The van der Waals surface area contributed by atoms with Gasteiger partial charge in [-0.2, -0.15) is 23.5 Å². The minimum Gasteiger partial charge on any atom is -0.207 e. The van der Waals surface area contributed by atoms with Crippen LogP contribution in [0.2, 0.25) is 0 Å². The third-order valence-electron chi connectivity index (χ3n) is 3.04. The summed E-state index contributed by atoms with van der Waals surface area (Å²) in [4.78, 5) is 0. The van der Waals surface area contributed by atoms with Crippen LogP contribution in [0, 0.1) is 11.6 Å². The van der Waals surface area contributed by atoms with Crippen LogP contribution in [0.15, 0.2) is 48.5 Å². The maximum atomic E-state index is 13.0. The summed E-state index contributed by atoms with van der Waals surface area (Å²) in [5, 5.41) is 0. The van der Waals surface area contributed by atoms with Gasteiger partial charge < -0.3 is 0 Å². The van der Waals surface area contributed by atoms with E-state index in [9.17, 15) is 8.78 Å². The molecule has 2 aromatic rings.